The molecule has 1 aliphatic rings. The van der Waals surface area contributed by atoms with Crippen LogP contribution in [0.25, 0.3) is 0 Å². The standard InChI is InChI=1S/C12H11F3N2O2/c1-2-17-9(18)11(12(13,14)15,16-10(17)19)8-6-4-3-5-7-8/h3-7H,2H2,1H3,(H,16,19)/t11-/m1/s1. The van der Waals surface area contributed by atoms with Gasteiger partial charge in [-0.1, -0.05) is 30.3 Å². The number of nitrogens with zero attached hydrogens (tertiary/aromatic N) is 1. The first-order valence-corrected chi connectivity index (χ1v) is 5.61. The zero-order chi connectivity index (χ0) is 14.3. The molecule has 0 aromatic heterocycles. The summed E-state index contributed by atoms with van der Waals surface area (Å²) in [5.74, 6) is -1.29. The Hall–Kier alpha value is -2.05. The second-order valence-electron chi connectivity index (χ2n) is 4.09. The van der Waals surface area contributed by atoms with Crippen LogP contribution in [0.5, 0.6) is 0 Å². The molecule has 2 rings (SSSR count). The molecule has 1 atom stereocenters. The van der Waals surface area contributed by atoms with Crippen LogP contribution >= 0.6 is 0 Å². The first-order chi connectivity index (χ1) is 8.84. The van der Waals surface area contributed by atoms with E-state index in [-0.39, 0.29) is 12.1 Å². The van der Waals surface area contributed by atoms with Crippen LogP contribution in [-0.2, 0) is 10.3 Å². The Balaban J connectivity index is 2.63. The summed E-state index contributed by atoms with van der Waals surface area (Å²) in [5, 5.41) is 1.79. The maximum Gasteiger partial charge on any atom is 0.425 e. The molecule has 0 aliphatic carbocycles. The molecule has 1 heterocycles. The summed E-state index contributed by atoms with van der Waals surface area (Å²) < 4.78 is 40.1. The summed E-state index contributed by atoms with van der Waals surface area (Å²) >= 11 is 0. The fraction of sp³-hybridized carbons (Fsp3) is 0.333. The molecule has 1 aromatic rings. The predicted molar refractivity (Wildman–Crippen MR) is 60.1 cm³/mol. The van der Waals surface area contributed by atoms with E-state index >= 15 is 0 Å². The number of carbonyl (C=O) groups excluding carboxylic acids is 2. The van der Waals surface area contributed by atoms with Crippen molar-refractivity contribution in [1.29, 1.82) is 0 Å². The van der Waals surface area contributed by atoms with E-state index in [1.807, 2.05) is 0 Å². The molecule has 4 nitrogen and oxygen atoms in total. The zero-order valence-electron chi connectivity index (χ0n) is 9.99. The highest BCUT2D eigenvalue weighted by atomic mass is 19.4. The van der Waals surface area contributed by atoms with Gasteiger partial charge in [0, 0.05) is 6.54 Å². The minimum Gasteiger partial charge on any atom is -0.312 e. The fourth-order valence-electron chi connectivity index (χ4n) is 2.10. The molecule has 0 bridgehead atoms. The molecular weight excluding hydrogens is 261 g/mol. The van der Waals surface area contributed by atoms with E-state index in [0.29, 0.717) is 4.90 Å². The molecule has 0 saturated carbocycles. The normalized spacial score (nSPS) is 23.7. The van der Waals surface area contributed by atoms with Crippen molar-refractivity contribution in [3.63, 3.8) is 0 Å². The van der Waals surface area contributed by atoms with Gasteiger partial charge in [0.25, 0.3) is 5.91 Å². The third kappa shape index (κ3) is 1.76. The van der Waals surface area contributed by atoms with Crippen LogP contribution in [0, 0.1) is 0 Å². The van der Waals surface area contributed by atoms with Gasteiger partial charge in [-0.25, -0.2) is 4.79 Å². The van der Waals surface area contributed by atoms with E-state index in [4.69, 9.17) is 0 Å². The molecule has 3 amide bonds. The van der Waals surface area contributed by atoms with E-state index in [0.717, 1.165) is 0 Å². The fourth-order valence-corrected chi connectivity index (χ4v) is 2.10. The summed E-state index contributed by atoms with van der Waals surface area (Å²) in [7, 11) is 0. The van der Waals surface area contributed by atoms with Crippen LogP contribution in [0.1, 0.15) is 12.5 Å². The topological polar surface area (TPSA) is 49.4 Å². The van der Waals surface area contributed by atoms with E-state index in [9.17, 15) is 22.8 Å². The van der Waals surface area contributed by atoms with Crippen LogP contribution in [0.3, 0.4) is 0 Å². The molecule has 1 fully saturated rings. The number of imide groups is 1. The maximum atomic E-state index is 13.4. The van der Waals surface area contributed by atoms with E-state index in [2.05, 4.69) is 0 Å². The van der Waals surface area contributed by atoms with Gasteiger partial charge in [-0.2, -0.15) is 13.2 Å². The summed E-state index contributed by atoms with van der Waals surface area (Å²) in [6.07, 6.45) is -4.91. The van der Waals surface area contributed by atoms with Gasteiger partial charge < -0.3 is 5.32 Å². The van der Waals surface area contributed by atoms with Crippen LogP contribution in [0.15, 0.2) is 30.3 Å². The molecule has 1 N–H and O–H groups in total. The summed E-state index contributed by atoms with van der Waals surface area (Å²) in [5.41, 5.74) is -3.28. The van der Waals surface area contributed by atoms with Crippen LogP contribution in [0.2, 0.25) is 0 Å². The van der Waals surface area contributed by atoms with Crippen molar-refractivity contribution in [2.45, 2.75) is 18.6 Å². The highest BCUT2D eigenvalue weighted by Crippen LogP contribution is 2.43. The highest BCUT2D eigenvalue weighted by Gasteiger charge is 2.68. The molecular formula is C12H11F3N2O2. The van der Waals surface area contributed by atoms with Crippen LogP contribution < -0.4 is 5.32 Å². The molecule has 1 saturated heterocycles. The van der Waals surface area contributed by atoms with Gasteiger partial charge >= 0.3 is 12.2 Å². The van der Waals surface area contributed by atoms with Crippen molar-refractivity contribution in [2.75, 3.05) is 6.54 Å². The predicted octanol–water partition coefficient (Wildman–Crippen LogP) is 2.02. The Bertz CT molecular complexity index is 515. The van der Waals surface area contributed by atoms with Crippen molar-refractivity contribution in [2.24, 2.45) is 0 Å². The summed E-state index contributed by atoms with van der Waals surface area (Å²) in [6.45, 7) is 1.32. The minimum absolute atomic E-state index is 0.116. The van der Waals surface area contributed by atoms with Gasteiger partial charge in [-0.05, 0) is 12.5 Å². The lowest BCUT2D eigenvalue weighted by Gasteiger charge is -2.29. The minimum atomic E-state index is -4.91. The summed E-state index contributed by atoms with van der Waals surface area (Å²) in [6, 6.07) is 5.61. The van der Waals surface area contributed by atoms with Gasteiger partial charge in [-0.15, -0.1) is 0 Å². The number of amides is 3. The zero-order valence-corrected chi connectivity index (χ0v) is 9.99. The number of likely N-dealkylation sites (N-methyl/N-ethyl adjacent to an activating group) is 1. The molecule has 102 valence electrons. The number of hydrogen-bond acceptors (Lipinski definition) is 2. The Morgan fingerprint density at radius 3 is 2.21 bits per heavy atom. The Morgan fingerprint density at radius 2 is 1.79 bits per heavy atom. The monoisotopic (exact) mass is 272 g/mol. The molecule has 0 spiro atoms. The maximum absolute atomic E-state index is 13.4. The number of alkyl halides is 3. The van der Waals surface area contributed by atoms with Crippen LogP contribution in [0.4, 0.5) is 18.0 Å². The van der Waals surface area contributed by atoms with Crippen molar-refractivity contribution in [3.05, 3.63) is 35.9 Å². The average molecular weight is 272 g/mol. The van der Waals surface area contributed by atoms with Gasteiger partial charge in [0.1, 0.15) is 0 Å². The lowest BCUT2D eigenvalue weighted by molar-refractivity contribution is -0.198. The smallest absolute Gasteiger partial charge is 0.312 e. The third-order valence-corrected chi connectivity index (χ3v) is 3.05. The quantitative estimate of drug-likeness (QED) is 0.837. The Morgan fingerprint density at radius 1 is 1.21 bits per heavy atom. The van der Waals surface area contributed by atoms with Crippen LogP contribution in [-0.4, -0.2) is 29.6 Å². The van der Waals surface area contributed by atoms with Crippen molar-refractivity contribution in [3.8, 4) is 0 Å². The lowest BCUT2D eigenvalue weighted by Crippen LogP contribution is -2.55. The number of nitrogens with one attached hydrogen (secondary N) is 1. The SMILES string of the molecule is CCN1C(=O)N[C@@](c2ccccc2)(C(F)(F)F)C1=O. The van der Waals surface area contributed by atoms with E-state index in [1.54, 1.807) is 5.32 Å². The van der Waals surface area contributed by atoms with Gasteiger partial charge in [-0.3, -0.25) is 9.69 Å². The number of hydrogen-bond donors (Lipinski definition) is 1. The Kier molecular flexibility index (Phi) is 3.00. The molecule has 7 heteroatoms. The first-order valence-electron chi connectivity index (χ1n) is 5.61. The van der Waals surface area contributed by atoms with Crippen molar-refractivity contribution >= 4 is 11.9 Å². The molecule has 0 unspecified atom stereocenters. The number of carbonyl (C=O) groups is 2. The molecule has 1 aliphatic heterocycles. The summed E-state index contributed by atoms with van der Waals surface area (Å²) in [4.78, 5) is 24.1. The van der Waals surface area contributed by atoms with Gasteiger partial charge in [0.2, 0.25) is 5.54 Å². The number of halogens is 3. The molecule has 19 heavy (non-hydrogen) atoms. The Labute approximate surface area is 107 Å². The van der Waals surface area contributed by atoms with Gasteiger partial charge in [0.05, 0.1) is 0 Å². The van der Waals surface area contributed by atoms with Crippen molar-refractivity contribution in [1.82, 2.24) is 10.2 Å². The highest BCUT2D eigenvalue weighted by molar-refractivity contribution is 6.08. The third-order valence-electron chi connectivity index (χ3n) is 3.05. The molecule has 1 aromatic carbocycles. The first kappa shape index (κ1) is 13.4. The van der Waals surface area contributed by atoms with Crippen molar-refractivity contribution < 1.29 is 22.8 Å². The number of rotatable bonds is 2. The number of benzene rings is 1. The van der Waals surface area contributed by atoms with Gasteiger partial charge in [0.15, 0.2) is 0 Å². The second-order valence-corrected chi connectivity index (χ2v) is 4.09. The lowest BCUT2D eigenvalue weighted by atomic mass is 9.89. The number of urea groups is 1. The largest absolute Gasteiger partial charge is 0.425 e. The molecule has 0 radical (unpaired) electrons. The average Bonchev–Trinajstić information content (AvgIpc) is 2.62. The van der Waals surface area contributed by atoms with E-state index in [1.165, 1.54) is 37.3 Å². The van der Waals surface area contributed by atoms with E-state index < -0.39 is 23.7 Å². The second kappa shape index (κ2) is 4.25.